The van der Waals surface area contributed by atoms with E-state index in [-0.39, 0.29) is 11.6 Å². The lowest BCUT2D eigenvalue weighted by atomic mass is 10.1. The van der Waals surface area contributed by atoms with Crippen molar-refractivity contribution in [2.45, 2.75) is 19.9 Å². The molecule has 0 aromatic heterocycles. The van der Waals surface area contributed by atoms with E-state index >= 15 is 0 Å². The summed E-state index contributed by atoms with van der Waals surface area (Å²) in [7, 11) is 3.78. The van der Waals surface area contributed by atoms with Crippen LogP contribution in [0.25, 0.3) is 0 Å². The number of hydrogen-bond donors (Lipinski definition) is 2. The van der Waals surface area contributed by atoms with Crippen LogP contribution in [0.1, 0.15) is 29.3 Å². The zero-order valence-electron chi connectivity index (χ0n) is 19.4. The maximum atomic E-state index is 13.8. The molecule has 178 valence electrons. The highest BCUT2D eigenvalue weighted by molar-refractivity contribution is 6.00. The van der Waals surface area contributed by atoms with E-state index in [0.717, 1.165) is 17.7 Å². The molecular weight excluding hydrogens is 438 g/mol. The largest absolute Gasteiger partial charge is 0.377 e. The monoisotopic (exact) mass is 466 g/mol. The number of anilines is 3. The predicted molar refractivity (Wildman–Crippen MR) is 131 cm³/mol. The van der Waals surface area contributed by atoms with Crippen LogP contribution < -0.4 is 15.5 Å². The number of urea groups is 1. The third-order valence-corrected chi connectivity index (χ3v) is 5.17. The molecule has 2 N–H and O–H groups in total. The van der Waals surface area contributed by atoms with Gasteiger partial charge < -0.3 is 20.4 Å². The van der Waals surface area contributed by atoms with Crippen molar-refractivity contribution in [3.63, 3.8) is 0 Å². The van der Waals surface area contributed by atoms with Crippen molar-refractivity contribution in [1.82, 2.24) is 4.90 Å². The minimum absolute atomic E-state index is 0.0733. The Balaban J connectivity index is 1.82. The number of carbonyl (C=O) groups excluding carboxylic acids is 2. The summed E-state index contributed by atoms with van der Waals surface area (Å²) >= 11 is 0. The minimum atomic E-state index is -0.582. The van der Waals surface area contributed by atoms with E-state index in [2.05, 4.69) is 10.6 Å². The molecule has 0 fully saturated rings. The molecule has 0 bridgehead atoms. The smallest absolute Gasteiger partial charge is 0.323 e. The van der Waals surface area contributed by atoms with Gasteiger partial charge >= 0.3 is 6.03 Å². The molecule has 6 nitrogen and oxygen atoms in total. The molecule has 34 heavy (non-hydrogen) atoms. The van der Waals surface area contributed by atoms with E-state index in [4.69, 9.17) is 0 Å². The van der Waals surface area contributed by atoms with Crippen LogP contribution in [0.15, 0.2) is 66.7 Å². The normalized spacial score (nSPS) is 10.5. The zero-order chi connectivity index (χ0) is 24.7. The maximum Gasteiger partial charge on any atom is 0.323 e. The first kappa shape index (κ1) is 24.7. The molecular formula is C26H28F2N4O2. The summed E-state index contributed by atoms with van der Waals surface area (Å²) in [4.78, 5) is 29.1. The Labute approximate surface area is 198 Å². The fourth-order valence-electron chi connectivity index (χ4n) is 3.58. The third kappa shape index (κ3) is 6.31. The van der Waals surface area contributed by atoms with Crippen LogP contribution in [0.3, 0.4) is 0 Å². The second-order valence-corrected chi connectivity index (χ2v) is 8.03. The summed E-state index contributed by atoms with van der Waals surface area (Å²) in [6.45, 7) is 2.78. The molecule has 0 radical (unpaired) electrons. The molecule has 3 amide bonds. The van der Waals surface area contributed by atoms with Gasteiger partial charge in [0.2, 0.25) is 0 Å². The van der Waals surface area contributed by atoms with Crippen LogP contribution >= 0.6 is 0 Å². The Morgan fingerprint density at radius 3 is 2.26 bits per heavy atom. The number of hydrogen-bond acceptors (Lipinski definition) is 3. The lowest BCUT2D eigenvalue weighted by molar-refractivity contribution is 0.0743. The number of para-hydroxylation sites is 1. The van der Waals surface area contributed by atoms with E-state index in [1.54, 1.807) is 29.2 Å². The first-order valence-corrected chi connectivity index (χ1v) is 11.0. The highest BCUT2D eigenvalue weighted by Crippen LogP contribution is 2.26. The van der Waals surface area contributed by atoms with Gasteiger partial charge in [-0.05, 0) is 66.6 Å². The molecule has 3 rings (SSSR count). The van der Waals surface area contributed by atoms with Gasteiger partial charge in [0.1, 0.15) is 11.6 Å². The van der Waals surface area contributed by atoms with Crippen molar-refractivity contribution >= 4 is 29.0 Å². The SMILES string of the molecule is CCCN(Cc1cc(NC(=O)Nc2ccccc2F)ccc1N(C)C)C(=O)c1ccc(F)cc1. The first-order chi connectivity index (χ1) is 16.3. The summed E-state index contributed by atoms with van der Waals surface area (Å²) < 4.78 is 27.1. The standard InChI is InChI=1S/C26H28F2N4O2/c1-4-15-32(25(33)18-9-11-20(27)12-10-18)17-19-16-21(13-14-24(19)31(2)3)29-26(34)30-23-8-6-5-7-22(23)28/h5-14,16H,4,15,17H2,1-3H3,(H2,29,30,34). The van der Waals surface area contributed by atoms with Gasteiger partial charge in [0.05, 0.1) is 5.69 Å². The predicted octanol–water partition coefficient (Wildman–Crippen LogP) is 5.73. The van der Waals surface area contributed by atoms with Crippen LogP contribution in [0.2, 0.25) is 0 Å². The first-order valence-electron chi connectivity index (χ1n) is 11.0. The fourth-order valence-corrected chi connectivity index (χ4v) is 3.58. The van der Waals surface area contributed by atoms with E-state index in [1.807, 2.05) is 32.0 Å². The number of nitrogens with one attached hydrogen (secondary N) is 2. The molecule has 0 unspecified atom stereocenters. The number of amides is 3. The number of benzene rings is 3. The average molecular weight is 467 g/mol. The molecule has 8 heteroatoms. The number of nitrogens with zero attached hydrogens (tertiary/aromatic N) is 2. The number of halogens is 2. The van der Waals surface area contributed by atoms with Gasteiger partial charge in [-0.3, -0.25) is 4.79 Å². The lowest BCUT2D eigenvalue weighted by Crippen LogP contribution is -2.32. The molecule has 0 saturated carbocycles. The van der Waals surface area contributed by atoms with Gasteiger partial charge in [0, 0.05) is 44.1 Å². The Bertz CT molecular complexity index is 1150. The van der Waals surface area contributed by atoms with Crippen molar-refractivity contribution < 1.29 is 18.4 Å². The van der Waals surface area contributed by atoms with Crippen molar-refractivity contribution in [2.75, 3.05) is 36.2 Å². The van der Waals surface area contributed by atoms with Crippen LogP contribution in [0.5, 0.6) is 0 Å². The molecule has 0 atom stereocenters. The fraction of sp³-hybridized carbons (Fsp3) is 0.231. The second kappa shape index (κ2) is 11.3. The Kier molecular flexibility index (Phi) is 8.19. The van der Waals surface area contributed by atoms with Crippen molar-refractivity contribution in [2.24, 2.45) is 0 Å². The second-order valence-electron chi connectivity index (χ2n) is 8.03. The van der Waals surface area contributed by atoms with Crippen LogP contribution in [-0.4, -0.2) is 37.5 Å². The van der Waals surface area contributed by atoms with Gasteiger partial charge in [0.15, 0.2) is 0 Å². The average Bonchev–Trinajstić information content (AvgIpc) is 2.80. The van der Waals surface area contributed by atoms with E-state index in [0.29, 0.717) is 24.3 Å². The molecule has 3 aromatic rings. The molecule has 0 spiro atoms. The molecule has 0 saturated heterocycles. The number of carbonyl (C=O) groups is 2. The van der Waals surface area contributed by atoms with Gasteiger partial charge in [0.25, 0.3) is 5.91 Å². The molecule has 0 heterocycles. The summed E-state index contributed by atoms with van der Waals surface area (Å²) in [6, 6.07) is 16.2. The highest BCUT2D eigenvalue weighted by atomic mass is 19.1. The van der Waals surface area contributed by atoms with E-state index < -0.39 is 17.7 Å². The quantitative estimate of drug-likeness (QED) is 0.446. The number of rotatable bonds is 8. The van der Waals surface area contributed by atoms with Gasteiger partial charge in [-0.2, -0.15) is 0 Å². The molecule has 0 aliphatic heterocycles. The lowest BCUT2D eigenvalue weighted by Gasteiger charge is -2.26. The Morgan fingerprint density at radius 2 is 1.62 bits per heavy atom. The summed E-state index contributed by atoms with van der Waals surface area (Å²) in [5.41, 5.74) is 2.68. The Hall–Kier alpha value is -3.94. The van der Waals surface area contributed by atoms with Crippen LogP contribution in [0.4, 0.5) is 30.6 Å². The summed E-state index contributed by atoms with van der Waals surface area (Å²) in [5, 5.41) is 5.21. The van der Waals surface area contributed by atoms with Gasteiger partial charge in [-0.1, -0.05) is 19.1 Å². The van der Waals surface area contributed by atoms with Gasteiger partial charge in [-0.15, -0.1) is 0 Å². The van der Waals surface area contributed by atoms with E-state index in [1.165, 1.54) is 36.4 Å². The topological polar surface area (TPSA) is 64.7 Å². The summed E-state index contributed by atoms with van der Waals surface area (Å²) in [5.74, 6) is -1.14. The van der Waals surface area contributed by atoms with Crippen molar-refractivity contribution in [1.29, 1.82) is 0 Å². The molecule has 0 aliphatic carbocycles. The molecule has 3 aromatic carbocycles. The Morgan fingerprint density at radius 1 is 0.912 bits per heavy atom. The zero-order valence-corrected chi connectivity index (χ0v) is 19.4. The van der Waals surface area contributed by atoms with Crippen LogP contribution in [0, 0.1) is 11.6 Å². The van der Waals surface area contributed by atoms with Crippen molar-refractivity contribution in [3.05, 3.63) is 89.5 Å². The highest BCUT2D eigenvalue weighted by Gasteiger charge is 2.18. The summed E-state index contributed by atoms with van der Waals surface area (Å²) in [6.07, 6.45) is 0.743. The van der Waals surface area contributed by atoms with E-state index in [9.17, 15) is 18.4 Å². The maximum absolute atomic E-state index is 13.8. The molecule has 0 aliphatic rings. The van der Waals surface area contributed by atoms with Gasteiger partial charge in [-0.25, -0.2) is 13.6 Å². The minimum Gasteiger partial charge on any atom is -0.377 e. The van der Waals surface area contributed by atoms with Crippen LogP contribution in [-0.2, 0) is 6.54 Å². The van der Waals surface area contributed by atoms with Crippen molar-refractivity contribution in [3.8, 4) is 0 Å². The third-order valence-electron chi connectivity index (χ3n) is 5.17.